The number of amides is 2. The third-order valence-corrected chi connectivity index (χ3v) is 4.64. The predicted octanol–water partition coefficient (Wildman–Crippen LogP) is 4.52. The van der Waals surface area contributed by atoms with Gasteiger partial charge in [0, 0.05) is 11.4 Å². The van der Waals surface area contributed by atoms with Crippen LogP contribution in [0.15, 0.2) is 66.7 Å². The van der Waals surface area contributed by atoms with Crippen LogP contribution in [0, 0.1) is 11.3 Å². The molecule has 0 bridgehead atoms. The number of carbonyl (C=O) groups is 2. The quantitative estimate of drug-likeness (QED) is 0.507. The molecule has 0 fully saturated rings. The van der Waals surface area contributed by atoms with Crippen molar-refractivity contribution in [1.82, 2.24) is 0 Å². The molecule has 0 radical (unpaired) electrons. The molecule has 31 heavy (non-hydrogen) atoms. The van der Waals surface area contributed by atoms with E-state index in [2.05, 4.69) is 16.0 Å². The Labute approximate surface area is 184 Å². The number of benzene rings is 3. The van der Waals surface area contributed by atoms with Gasteiger partial charge in [-0.2, -0.15) is 5.26 Å². The Morgan fingerprint density at radius 3 is 2.42 bits per heavy atom. The first-order chi connectivity index (χ1) is 15.0. The summed E-state index contributed by atoms with van der Waals surface area (Å²) in [5, 5.41) is 17.9. The van der Waals surface area contributed by atoms with Crippen LogP contribution in [-0.2, 0) is 4.79 Å². The van der Waals surface area contributed by atoms with Crippen molar-refractivity contribution < 1.29 is 14.3 Å². The first-order valence-electron chi connectivity index (χ1n) is 9.28. The molecular weight excluding hydrogens is 416 g/mol. The van der Waals surface area contributed by atoms with E-state index in [-0.39, 0.29) is 18.4 Å². The number of hydrogen-bond donors (Lipinski definition) is 3. The van der Waals surface area contributed by atoms with Gasteiger partial charge in [-0.25, -0.2) is 0 Å². The second-order valence-electron chi connectivity index (χ2n) is 6.41. The molecule has 0 aromatic heterocycles. The van der Waals surface area contributed by atoms with Crippen molar-refractivity contribution in [1.29, 1.82) is 5.26 Å². The van der Waals surface area contributed by atoms with Crippen molar-refractivity contribution in [2.75, 3.05) is 29.6 Å². The van der Waals surface area contributed by atoms with E-state index in [1.165, 1.54) is 7.11 Å². The highest BCUT2D eigenvalue weighted by Gasteiger charge is 2.13. The second-order valence-corrected chi connectivity index (χ2v) is 6.82. The van der Waals surface area contributed by atoms with Crippen LogP contribution in [0.5, 0.6) is 5.75 Å². The Bertz CT molecular complexity index is 1160. The number of hydrogen-bond acceptors (Lipinski definition) is 5. The van der Waals surface area contributed by atoms with Gasteiger partial charge in [-0.3, -0.25) is 9.59 Å². The van der Waals surface area contributed by atoms with Gasteiger partial charge in [-0.1, -0.05) is 35.9 Å². The summed E-state index contributed by atoms with van der Waals surface area (Å²) in [6.45, 7) is -0.0849. The van der Waals surface area contributed by atoms with Gasteiger partial charge in [-0.05, 0) is 42.5 Å². The number of rotatable bonds is 7. The van der Waals surface area contributed by atoms with Crippen LogP contribution in [0.25, 0.3) is 0 Å². The molecule has 0 saturated carbocycles. The Balaban J connectivity index is 1.67. The highest BCUT2D eigenvalue weighted by molar-refractivity contribution is 6.32. The van der Waals surface area contributed by atoms with Crippen LogP contribution in [0.4, 0.5) is 17.1 Å². The van der Waals surface area contributed by atoms with Crippen molar-refractivity contribution in [3.05, 3.63) is 82.9 Å². The van der Waals surface area contributed by atoms with Crippen LogP contribution >= 0.6 is 11.6 Å². The van der Waals surface area contributed by atoms with Crippen LogP contribution in [0.2, 0.25) is 5.02 Å². The number of carbonyl (C=O) groups excluding carboxylic acids is 2. The molecular formula is C23H19ClN4O3. The summed E-state index contributed by atoms with van der Waals surface area (Å²) < 4.78 is 5.11. The number of anilines is 3. The van der Waals surface area contributed by atoms with Crippen molar-refractivity contribution in [2.24, 2.45) is 0 Å². The molecule has 0 unspecified atom stereocenters. The first kappa shape index (κ1) is 21.7. The van der Waals surface area contributed by atoms with Crippen LogP contribution in [0.3, 0.4) is 0 Å². The molecule has 0 atom stereocenters. The normalized spacial score (nSPS) is 9.97. The molecule has 0 aliphatic carbocycles. The number of halogens is 1. The SMILES string of the molecule is COc1ccc(NC(=O)c2ccccc2NCC(=O)Nc2ccccc2C#N)cc1Cl. The average molecular weight is 435 g/mol. The van der Waals surface area contributed by atoms with Crippen LogP contribution in [0.1, 0.15) is 15.9 Å². The summed E-state index contributed by atoms with van der Waals surface area (Å²) in [4.78, 5) is 25.1. The summed E-state index contributed by atoms with van der Waals surface area (Å²) in [7, 11) is 1.51. The molecule has 0 spiro atoms. The summed E-state index contributed by atoms with van der Waals surface area (Å²) in [5.74, 6) is -0.204. The van der Waals surface area contributed by atoms with Gasteiger partial charge in [0.2, 0.25) is 5.91 Å². The molecule has 0 heterocycles. The lowest BCUT2D eigenvalue weighted by Crippen LogP contribution is -2.23. The third-order valence-electron chi connectivity index (χ3n) is 4.34. The lowest BCUT2D eigenvalue weighted by molar-refractivity contribution is -0.114. The van der Waals surface area contributed by atoms with E-state index in [0.717, 1.165) is 0 Å². The molecule has 3 aromatic carbocycles. The lowest BCUT2D eigenvalue weighted by atomic mass is 10.1. The van der Waals surface area contributed by atoms with Gasteiger partial charge in [0.05, 0.1) is 35.5 Å². The number of nitrogens with zero attached hydrogens (tertiary/aromatic N) is 1. The summed E-state index contributed by atoms with van der Waals surface area (Å²) in [5.41, 5.74) is 2.16. The minimum Gasteiger partial charge on any atom is -0.495 e. The first-order valence-corrected chi connectivity index (χ1v) is 9.66. The molecule has 2 amide bonds. The van der Waals surface area contributed by atoms with E-state index in [1.54, 1.807) is 66.7 Å². The molecule has 156 valence electrons. The van der Waals surface area contributed by atoms with E-state index in [1.807, 2.05) is 6.07 Å². The Hall–Kier alpha value is -4.02. The van der Waals surface area contributed by atoms with Gasteiger partial charge in [-0.15, -0.1) is 0 Å². The standard InChI is InChI=1S/C23H19ClN4O3/c1-31-21-11-10-16(12-18(21)24)27-23(30)17-7-3-5-9-20(17)26-14-22(29)28-19-8-4-2-6-15(19)13-25/h2-12,26H,14H2,1H3,(H,27,30)(H,28,29). The fourth-order valence-electron chi connectivity index (χ4n) is 2.84. The minimum atomic E-state index is -0.362. The molecule has 3 N–H and O–H groups in total. The molecule has 0 aliphatic heterocycles. The molecule has 7 nitrogen and oxygen atoms in total. The fraction of sp³-hybridized carbons (Fsp3) is 0.0870. The van der Waals surface area contributed by atoms with Crippen LogP contribution in [-0.4, -0.2) is 25.5 Å². The van der Waals surface area contributed by atoms with Crippen molar-refractivity contribution in [2.45, 2.75) is 0 Å². The average Bonchev–Trinajstić information content (AvgIpc) is 2.78. The maximum Gasteiger partial charge on any atom is 0.257 e. The van der Waals surface area contributed by atoms with E-state index < -0.39 is 0 Å². The number of nitrogens with one attached hydrogen (secondary N) is 3. The minimum absolute atomic E-state index is 0.0849. The highest BCUT2D eigenvalue weighted by atomic mass is 35.5. The zero-order chi connectivity index (χ0) is 22.2. The van der Waals surface area contributed by atoms with Gasteiger partial charge >= 0.3 is 0 Å². The van der Waals surface area contributed by atoms with Crippen molar-refractivity contribution >= 4 is 40.5 Å². The third kappa shape index (κ3) is 5.53. The topological polar surface area (TPSA) is 103 Å². The predicted molar refractivity (Wildman–Crippen MR) is 121 cm³/mol. The summed E-state index contributed by atoms with van der Waals surface area (Å²) >= 11 is 6.11. The largest absolute Gasteiger partial charge is 0.495 e. The fourth-order valence-corrected chi connectivity index (χ4v) is 3.10. The van der Waals surface area contributed by atoms with E-state index >= 15 is 0 Å². The number of para-hydroxylation sites is 2. The van der Waals surface area contributed by atoms with E-state index in [0.29, 0.717) is 39.0 Å². The van der Waals surface area contributed by atoms with Crippen LogP contribution < -0.4 is 20.7 Å². The summed E-state index contributed by atoms with van der Waals surface area (Å²) in [6.07, 6.45) is 0. The molecule has 3 aromatic rings. The van der Waals surface area contributed by atoms with Gasteiger partial charge < -0.3 is 20.7 Å². The monoisotopic (exact) mass is 434 g/mol. The lowest BCUT2D eigenvalue weighted by Gasteiger charge is -2.13. The molecule has 0 saturated heterocycles. The van der Waals surface area contributed by atoms with Gasteiger partial charge in [0.1, 0.15) is 11.8 Å². The maximum atomic E-state index is 12.8. The Kier molecular flexibility index (Phi) is 7.09. The van der Waals surface area contributed by atoms with Crippen molar-refractivity contribution in [3.8, 4) is 11.8 Å². The van der Waals surface area contributed by atoms with Crippen molar-refractivity contribution in [3.63, 3.8) is 0 Å². The molecule has 8 heteroatoms. The van der Waals surface area contributed by atoms with Gasteiger partial charge in [0.25, 0.3) is 5.91 Å². The zero-order valence-corrected chi connectivity index (χ0v) is 17.4. The summed E-state index contributed by atoms with van der Waals surface area (Å²) in [6, 6.07) is 20.5. The van der Waals surface area contributed by atoms with E-state index in [4.69, 9.17) is 21.6 Å². The van der Waals surface area contributed by atoms with E-state index in [9.17, 15) is 9.59 Å². The number of ether oxygens (including phenoxy) is 1. The maximum absolute atomic E-state index is 12.8. The smallest absolute Gasteiger partial charge is 0.257 e. The number of methoxy groups -OCH3 is 1. The Morgan fingerprint density at radius 1 is 1.00 bits per heavy atom. The molecule has 0 aliphatic rings. The number of nitriles is 1. The highest BCUT2D eigenvalue weighted by Crippen LogP contribution is 2.28. The van der Waals surface area contributed by atoms with Gasteiger partial charge in [0.15, 0.2) is 0 Å². The Morgan fingerprint density at radius 2 is 1.71 bits per heavy atom. The second kappa shape index (κ2) is 10.1. The zero-order valence-electron chi connectivity index (χ0n) is 16.6. The molecule has 3 rings (SSSR count).